The first-order valence-corrected chi connectivity index (χ1v) is 7.74. The summed E-state index contributed by atoms with van der Waals surface area (Å²) in [4.78, 5) is 39.3. The first-order valence-electron chi connectivity index (χ1n) is 7.74. The molecule has 3 rings (SSSR count). The quantitative estimate of drug-likeness (QED) is 0.831. The molecule has 2 N–H and O–H groups in total. The molecule has 2 fully saturated rings. The molecule has 2 aliphatic rings. The molecule has 0 unspecified atom stereocenters. The van der Waals surface area contributed by atoms with Crippen LogP contribution >= 0.6 is 0 Å². The van der Waals surface area contributed by atoms with Gasteiger partial charge in [-0.15, -0.1) is 0 Å². The van der Waals surface area contributed by atoms with Crippen LogP contribution in [0.5, 0.6) is 5.75 Å². The molecular weight excluding hydrogens is 312 g/mol. The van der Waals surface area contributed by atoms with E-state index in [1.165, 1.54) is 4.90 Å². The molecule has 24 heavy (non-hydrogen) atoms. The number of ether oxygens (including phenoxy) is 1. The summed E-state index contributed by atoms with van der Waals surface area (Å²) in [5, 5.41) is 5.55. The van der Waals surface area contributed by atoms with Crippen LogP contribution < -0.4 is 15.4 Å². The maximum Gasteiger partial charge on any atom is 0.319 e. The van der Waals surface area contributed by atoms with Crippen LogP contribution in [-0.4, -0.2) is 67.0 Å². The number of hydrogen-bond donors (Lipinski definition) is 2. The van der Waals surface area contributed by atoms with Crippen molar-refractivity contribution >= 4 is 23.5 Å². The van der Waals surface area contributed by atoms with Crippen LogP contribution in [-0.2, 0) is 9.59 Å². The second kappa shape index (κ2) is 6.38. The Morgan fingerprint density at radius 2 is 2.12 bits per heavy atom. The summed E-state index contributed by atoms with van der Waals surface area (Å²) in [6, 6.07) is 5.92. The van der Waals surface area contributed by atoms with Gasteiger partial charge in [-0.05, 0) is 18.6 Å². The van der Waals surface area contributed by atoms with Gasteiger partial charge in [-0.1, -0.05) is 6.07 Å². The van der Waals surface area contributed by atoms with Crippen molar-refractivity contribution in [2.45, 2.75) is 18.5 Å². The Morgan fingerprint density at radius 3 is 2.88 bits per heavy atom. The number of fused-ring (bicyclic) bond motifs is 1. The SMILES string of the molecule is COc1cccc(NC(=O)N[C@@H]2C[C@H]3C(=O)N(C)CC(=O)N3C2)c1. The first-order chi connectivity index (χ1) is 11.5. The Morgan fingerprint density at radius 1 is 1.33 bits per heavy atom. The summed E-state index contributed by atoms with van der Waals surface area (Å²) < 4.78 is 5.11. The van der Waals surface area contributed by atoms with Crippen molar-refractivity contribution in [1.82, 2.24) is 15.1 Å². The Hall–Kier alpha value is -2.77. The molecule has 2 saturated heterocycles. The van der Waals surface area contributed by atoms with Crippen molar-refractivity contribution < 1.29 is 19.1 Å². The lowest BCUT2D eigenvalue weighted by Gasteiger charge is -2.33. The number of amides is 4. The predicted molar refractivity (Wildman–Crippen MR) is 86.7 cm³/mol. The molecule has 2 atom stereocenters. The fraction of sp³-hybridized carbons (Fsp3) is 0.438. The normalized spacial score (nSPS) is 23.1. The third kappa shape index (κ3) is 3.12. The number of carbonyl (C=O) groups excluding carboxylic acids is 3. The first kappa shape index (κ1) is 16.1. The number of hydrogen-bond acceptors (Lipinski definition) is 4. The fourth-order valence-electron chi connectivity index (χ4n) is 3.13. The molecule has 0 aliphatic carbocycles. The zero-order valence-electron chi connectivity index (χ0n) is 13.6. The van der Waals surface area contributed by atoms with Gasteiger partial charge in [0.1, 0.15) is 11.8 Å². The number of nitrogens with one attached hydrogen (secondary N) is 2. The van der Waals surface area contributed by atoms with E-state index in [0.717, 1.165) is 0 Å². The smallest absolute Gasteiger partial charge is 0.319 e. The zero-order valence-corrected chi connectivity index (χ0v) is 13.6. The molecule has 0 spiro atoms. The molecule has 2 aliphatic heterocycles. The van der Waals surface area contributed by atoms with Gasteiger partial charge in [-0.25, -0.2) is 4.79 Å². The average molecular weight is 332 g/mol. The number of urea groups is 1. The van der Waals surface area contributed by atoms with Gasteiger partial charge in [0.15, 0.2) is 0 Å². The lowest BCUT2D eigenvalue weighted by atomic mass is 10.1. The van der Waals surface area contributed by atoms with Crippen molar-refractivity contribution in [3.63, 3.8) is 0 Å². The second-order valence-corrected chi connectivity index (χ2v) is 6.02. The van der Waals surface area contributed by atoms with Gasteiger partial charge < -0.3 is 25.2 Å². The van der Waals surface area contributed by atoms with Crippen LogP contribution in [0.25, 0.3) is 0 Å². The zero-order chi connectivity index (χ0) is 17.3. The molecule has 0 saturated carbocycles. The van der Waals surface area contributed by atoms with Crippen LogP contribution in [0.2, 0.25) is 0 Å². The molecular formula is C16H20N4O4. The van der Waals surface area contributed by atoms with Crippen molar-refractivity contribution in [2.24, 2.45) is 0 Å². The molecule has 1 aromatic rings. The number of anilines is 1. The van der Waals surface area contributed by atoms with Gasteiger partial charge in [-0.3, -0.25) is 9.59 Å². The van der Waals surface area contributed by atoms with E-state index in [0.29, 0.717) is 24.4 Å². The second-order valence-electron chi connectivity index (χ2n) is 6.02. The van der Waals surface area contributed by atoms with Gasteiger partial charge in [0, 0.05) is 25.3 Å². The number of nitrogens with zero attached hydrogens (tertiary/aromatic N) is 2. The maximum atomic E-state index is 12.1. The van der Waals surface area contributed by atoms with Gasteiger partial charge in [-0.2, -0.15) is 0 Å². The summed E-state index contributed by atoms with van der Waals surface area (Å²) in [6.07, 6.45) is 0.431. The lowest BCUT2D eigenvalue weighted by molar-refractivity contribution is -0.152. The molecule has 8 heteroatoms. The van der Waals surface area contributed by atoms with Gasteiger partial charge in [0.05, 0.1) is 19.7 Å². The van der Waals surface area contributed by atoms with Crippen LogP contribution in [0.3, 0.4) is 0 Å². The van der Waals surface area contributed by atoms with E-state index >= 15 is 0 Å². The molecule has 128 valence electrons. The minimum Gasteiger partial charge on any atom is -0.497 e. The standard InChI is InChI=1S/C16H20N4O4/c1-19-9-14(21)20-8-11(7-13(20)15(19)22)18-16(23)17-10-4-3-5-12(6-10)24-2/h3-6,11,13H,7-9H2,1-2H3,(H2,17,18,23)/t11-,13+/m1/s1. The summed E-state index contributed by atoms with van der Waals surface area (Å²) in [5.74, 6) is 0.483. The molecule has 2 heterocycles. The molecule has 0 bridgehead atoms. The monoisotopic (exact) mass is 332 g/mol. The highest BCUT2D eigenvalue weighted by atomic mass is 16.5. The summed E-state index contributed by atoms with van der Waals surface area (Å²) in [7, 11) is 3.17. The average Bonchev–Trinajstić information content (AvgIpc) is 2.97. The Labute approximate surface area is 139 Å². The van der Waals surface area contributed by atoms with Crippen molar-refractivity contribution in [1.29, 1.82) is 0 Å². The highest BCUT2D eigenvalue weighted by Gasteiger charge is 2.44. The number of likely N-dealkylation sites (N-methyl/N-ethyl adjacent to an activating group) is 1. The molecule has 4 amide bonds. The topological polar surface area (TPSA) is 91.0 Å². The predicted octanol–water partition coefficient (Wildman–Crippen LogP) is 0.258. The van der Waals surface area contributed by atoms with Crippen molar-refractivity contribution in [2.75, 3.05) is 32.6 Å². The van der Waals surface area contributed by atoms with Crippen LogP contribution in [0.4, 0.5) is 10.5 Å². The van der Waals surface area contributed by atoms with Crippen LogP contribution in [0, 0.1) is 0 Å². The number of methoxy groups -OCH3 is 1. The van der Waals surface area contributed by atoms with Gasteiger partial charge in [0.25, 0.3) is 0 Å². The van der Waals surface area contributed by atoms with Crippen LogP contribution in [0.15, 0.2) is 24.3 Å². The maximum absolute atomic E-state index is 12.1. The molecule has 8 nitrogen and oxygen atoms in total. The highest BCUT2D eigenvalue weighted by Crippen LogP contribution is 2.23. The van der Waals surface area contributed by atoms with E-state index in [-0.39, 0.29) is 30.4 Å². The van der Waals surface area contributed by atoms with Crippen molar-refractivity contribution in [3.8, 4) is 5.75 Å². The van der Waals surface area contributed by atoms with E-state index in [1.807, 2.05) is 0 Å². The molecule has 0 radical (unpaired) electrons. The van der Waals surface area contributed by atoms with E-state index in [4.69, 9.17) is 4.74 Å². The third-order valence-electron chi connectivity index (χ3n) is 4.32. The Bertz CT molecular complexity index is 678. The largest absolute Gasteiger partial charge is 0.497 e. The number of benzene rings is 1. The Balaban J connectivity index is 1.59. The minimum atomic E-state index is -0.474. The van der Waals surface area contributed by atoms with Gasteiger partial charge >= 0.3 is 6.03 Å². The van der Waals surface area contributed by atoms with E-state index < -0.39 is 6.04 Å². The number of piperazine rings is 1. The van der Waals surface area contributed by atoms with E-state index in [1.54, 1.807) is 43.3 Å². The highest BCUT2D eigenvalue weighted by molar-refractivity contribution is 5.95. The molecule has 1 aromatic carbocycles. The summed E-state index contributed by atoms with van der Waals surface area (Å²) in [5.41, 5.74) is 0.606. The third-order valence-corrected chi connectivity index (χ3v) is 4.32. The van der Waals surface area contributed by atoms with Gasteiger partial charge in [0.2, 0.25) is 11.8 Å². The Kier molecular flexibility index (Phi) is 4.28. The van der Waals surface area contributed by atoms with Crippen molar-refractivity contribution in [3.05, 3.63) is 24.3 Å². The summed E-state index contributed by atoms with van der Waals surface area (Å²) in [6.45, 7) is 0.451. The summed E-state index contributed by atoms with van der Waals surface area (Å²) >= 11 is 0. The van der Waals surface area contributed by atoms with Crippen LogP contribution in [0.1, 0.15) is 6.42 Å². The number of rotatable bonds is 3. The fourth-order valence-corrected chi connectivity index (χ4v) is 3.13. The lowest BCUT2D eigenvalue weighted by Crippen LogP contribution is -2.55. The van der Waals surface area contributed by atoms with E-state index in [2.05, 4.69) is 10.6 Å². The number of carbonyl (C=O) groups is 3. The minimum absolute atomic E-state index is 0.0768. The molecule has 0 aromatic heterocycles. The van der Waals surface area contributed by atoms with E-state index in [9.17, 15) is 14.4 Å².